The van der Waals surface area contributed by atoms with E-state index in [1.54, 1.807) is 6.07 Å². The summed E-state index contributed by atoms with van der Waals surface area (Å²) in [6, 6.07) is 5.12. The van der Waals surface area contributed by atoms with Gasteiger partial charge in [0.2, 0.25) is 5.91 Å². The van der Waals surface area contributed by atoms with E-state index in [0.717, 1.165) is 12.5 Å². The molecule has 1 aromatic rings. The zero-order valence-electron chi connectivity index (χ0n) is 11.7. The second-order valence-corrected chi connectivity index (χ2v) is 5.41. The van der Waals surface area contributed by atoms with Crippen molar-refractivity contribution in [2.45, 2.75) is 50.4 Å². The van der Waals surface area contributed by atoms with Crippen LogP contribution in [0.5, 0.6) is 0 Å². The van der Waals surface area contributed by atoms with Gasteiger partial charge in [-0.05, 0) is 31.4 Å². The number of hydrogen-bond donors (Lipinski definition) is 2. The first-order chi connectivity index (χ1) is 9.80. The van der Waals surface area contributed by atoms with Crippen LogP contribution in [-0.2, 0) is 11.0 Å². The van der Waals surface area contributed by atoms with Crippen molar-refractivity contribution >= 4 is 5.91 Å². The molecule has 0 radical (unpaired) electrons. The van der Waals surface area contributed by atoms with Crippen LogP contribution in [0.25, 0.3) is 0 Å². The fraction of sp³-hybridized carbons (Fsp3) is 0.533. The minimum Gasteiger partial charge on any atom is -0.384 e. The number of aliphatic hydroxyl groups is 1. The molecule has 3 atom stereocenters. The van der Waals surface area contributed by atoms with Gasteiger partial charge in [-0.2, -0.15) is 13.2 Å². The van der Waals surface area contributed by atoms with Crippen LogP contribution in [0.3, 0.4) is 0 Å². The van der Waals surface area contributed by atoms with Crippen LogP contribution in [0.15, 0.2) is 24.3 Å². The fourth-order valence-electron chi connectivity index (χ4n) is 2.89. The Bertz CT molecular complexity index is 514. The standard InChI is InChI=1S/C15H18F3NO2/c1-9(20)14(21)19-13-8-4-6-11(13)10-5-2-3-7-12(10)15(16,17)18/h2-3,5,7,9,11,13,20H,4,6,8H2,1H3,(H,19,21). The number of rotatable bonds is 3. The number of aliphatic hydroxyl groups excluding tert-OH is 1. The minimum absolute atomic E-state index is 0.221. The molecule has 3 nitrogen and oxygen atoms in total. The zero-order valence-corrected chi connectivity index (χ0v) is 11.7. The second-order valence-electron chi connectivity index (χ2n) is 5.41. The molecule has 0 bridgehead atoms. The van der Waals surface area contributed by atoms with Crippen LogP contribution < -0.4 is 5.32 Å². The highest BCUT2D eigenvalue weighted by molar-refractivity contribution is 5.80. The van der Waals surface area contributed by atoms with Gasteiger partial charge in [0.25, 0.3) is 0 Å². The lowest BCUT2D eigenvalue weighted by atomic mass is 9.89. The highest BCUT2D eigenvalue weighted by Gasteiger charge is 2.38. The number of hydrogen-bond acceptors (Lipinski definition) is 2. The molecule has 2 rings (SSSR count). The molecular formula is C15H18F3NO2. The van der Waals surface area contributed by atoms with E-state index in [0.29, 0.717) is 12.8 Å². The monoisotopic (exact) mass is 301 g/mol. The summed E-state index contributed by atoms with van der Waals surface area (Å²) in [6.45, 7) is 1.34. The molecule has 1 aliphatic rings. The lowest BCUT2D eigenvalue weighted by Gasteiger charge is -2.25. The summed E-state index contributed by atoms with van der Waals surface area (Å²) in [5.74, 6) is -0.915. The average Bonchev–Trinajstić information content (AvgIpc) is 2.85. The first-order valence-corrected chi connectivity index (χ1v) is 6.95. The van der Waals surface area contributed by atoms with Gasteiger partial charge in [0.15, 0.2) is 0 Å². The van der Waals surface area contributed by atoms with Gasteiger partial charge in [0.05, 0.1) is 5.56 Å². The molecule has 0 aliphatic heterocycles. The summed E-state index contributed by atoms with van der Waals surface area (Å²) in [5, 5.41) is 11.9. The van der Waals surface area contributed by atoms with Crippen molar-refractivity contribution in [3.05, 3.63) is 35.4 Å². The maximum absolute atomic E-state index is 13.1. The third-order valence-electron chi connectivity index (χ3n) is 3.89. The molecule has 0 saturated heterocycles. The Labute approximate surface area is 121 Å². The van der Waals surface area contributed by atoms with Crippen molar-refractivity contribution in [1.29, 1.82) is 0 Å². The van der Waals surface area contributed by atoms with Crippen LogP contribution in [0.1, 0.15) is 43.2 Å². The zero-order chi connectivity index (χ0) is 15.6. The van der Waals surface area contributed by atoms with E-state index >= 15 is 0 Å². The van der Waals surface area contributed by atoms with E-state index in [2.05, 4.69) is 5.32 Å². The quantitative estimate of drug-likeness (QED) is 0.902. The molecule has 0 heterocycles. The van der Waals surface area contributed by atoms with Gasteiger partial charge >= 0.3 is 6.18 Å². The lowest BCUT2D eigenvalue weighted by Crippen LogP contribution is -2.41. The first-order valence-electron chi connectivity index (χ1n) is 6.95. The number of halogens is 3. The molecule has 3 unspecified atom stereocenters. The predicted molar refractivity (Wildman–Crippen MR) is 71.6 cm³/mol. The van der Waals surface area contributed by atoms with Crippen LogP contribution in [0, 0.1) is 0 Å². The summed E-state index contributed by atoms with van der Waals surface area (Å²) in [4.78, 5) is 11.6. The molecule has 1 aliphatic carbocycles. The van der Waals surface area contributed by atoms with Gasteiger partial charge in [-0.3, -0.25) is 4.79 Å². The van der Waals surface area contributed by atoms with Crippen molar-refractivity contribution in [3.63, 3.8) is 0 Å². The SMILES string of the molecule is CC(O)C(=O)NC1CCCC1c1ccccc1C(F)(F)F. The maximum Gasteiger partial charge on any atom is 0.416 e. The third-order valence-corrected chi connectivity index (χ3v) is 3.89. The Morgan fingerprint density at radius 2 is 2.00 bits per heavy atom. The van der Waals surface area contributed by atoms with Crippen LogP contribution in [0.2, 0.25) is 0 Å². The van der Waals surface area contributed by atoms with Crippen molar-refractivity contribution in [2.75, 3.05) is 0 Å². The molecule has 0 spiro atoms. The Hall–Kier alpha value is -1.56. The maximum atomic E-state index is 13.1. The Balaban J connectivity index is 2.27. The highest BCUT2D eigenvalue weighted by Crippen LogP contribution is 2.41. The van der Waals surface area contributed by atoms with Gasteiger partial charge in [0.1, 0.15) is 6.10 Å². The minimum atomic E-state index is -4.40. The number of amides is 1. The Morgan fingerprint density at radius 3 is 2.62 bits per heavy atom. The van der Waals surface area contributed by atoms with Crippen LogP contribution >= 0.6 is 0 Å². The predicted octanol–water partition coefficient (Wildman–Crippen LogP) is 2.84. The molecule has 116 valence electrons. The molecule has 21 heavy (non-hydrogen) atoms. The molecular weight excluding hydrogens is 283 g/mol. The van der Waals surface area contributed by atoms with Gasteiger partial charge in [-0.25, -0.2) is 0 Å². The van der Waals surface area contributed by atoms with E-state index in [1.165, 1.54) is 19.1 Å². The normalized spacial score (nSPS) is 23.9. The molecule has 1 aromatic carbocycles. The van der Waals surface area contributed by atoms with Gasteiger partial charge < -0.3 is 10.4 Å². The molecule has 1 amide bonds. The summed E-state index contributed by atoms with van der Waals surface area (Å²) in [6.07, 6.45) is -3.60. The smallest absolute Gasteiger partial charge is 0.384 e. The molecule has 6 heteroatoms. The average molecular weight is 301 g/mol. The molecule has 1 saturated carbocycles. The summed E-state index contributed by atoms with van der Waals surface area (Å²) in [5.41, 5.74) is -0.424. The number of alkyl halides is 3. The Kier molecular flexibility index (Phi) is 4.56. The van der Waals surface area contributed by atoms with Gasteiger partial charge in [-0.15, -0.1) is 0 Å². The van der Waals surface area contributed by atoms with Crippen LogP contribution in [0.4, 0.5) is 13.2 Å². The van der Waals surface area contributed by atoms with E-state index in [-0.39, 0.29) is 17.5 Å². The first kappa shape index (κ1) is 15.8. The third kappa shape index (κ3) is 3.56. The molecule has 2 N–H and O–H groups in total. The fourth-order valence-corrected chi connectivity index (χ4v) is 2.89. The number of carbonyl (C=O) groups excluding carboxylic acids is 1. The molecule has 0 aromatic heterocycles. The Morgan fingerprint density at radius 1 is 1.33 bits per heavy atom. The molecule has 1 fully saturated rings. The second kappa shape index (κ2) is 6.05. The van der Waals surface area contributed by atoms with Crippen molar-refractivity contribution in [1.82, 2.24) is 5.32 Å². The summed E-state index contributed by atoms with van der Waals surface area (Å²) < 4.78 is 39.3. The van der Waals surface area contributed by atoms with Crippen LogP contribution in [-0.4, -0.2) is 23.2 Å². The number of benzene rings is 1. The largest absolute Gasteiger partial charge is 0.416 e. The van der Waals surface area contributed by atoms with Gasteiger partial charge in [-0.1, -0.05) is 24.6 Å². The van der Waals surface area contributed by atoms with E-state index in [1.807, 2.05) is 0 Å². The van der Waals surface area contributed by atoms with Crippen molar-refractivity contribution in [2.24, 2.45) is 0 Å². The topological polar surface area (TPSA) is 49.3 Å². The van der Waals surface area contributed by atoms with E-state index in [9.17, 15) is 23.1 Å². The summed E-state index contributed by atoms with van der Waals surface area (Å²) >= 11 is 0. The highest BCUT2D eigenvalue weighted by atomic mass is 19.4. The van der Waals surface area contributed by atoms with Gasteiger partial charge in [0, 0.05) is 12.0 Å². The summed E-state index contributed by atoms with van der Waals surface area (Å²) in [7, 11) is 0. The van der Waals surface area contributed by atoms with E-state index in [4.69, 9.17) is 0 Å². The van der Waals surface area contributed by atoms with E-state index < -0.39 is 23.8 Å². The van der Waals surface area contributed by atoms with Crippen molar-refractivity contribution in [3.8, 4) is 0 Å². The number of carbonyl (C=O) groups is 1. The lowest BCUT2D eigenvalue weighted by molar-refractivity contribution is -0.138. The number of nitrogens with one attached hydrogen (secondary N) is 1. The van der Waals surface area contributed by atoms with Crippen molar-refractivity contribution < 1.29 is 23.1 Å².